The summed E-state index contributed by atoms with van der Waals surface area (Å²) in [4.78, 5) is 22.3. The standard InChI is InChI=1S/C11H12O3/c1-14-11(13)8-10(12)9-6-4-2-3-5-7-9/h2-6H,7-8H2,1H3. The van der Waals surface area contributed by atoms with E-state index in [0.717, 1.165) is 0 Å². The van der Waals surface area contributed by atoms with E-state index in [9.17, 15) is 9.59 Å². The maximum absolute atomic E-state index is 11.5. The highest BCUT2D eigenvalue weighted by molar-refractivity contribution is 6.05. The number of carbonyl (C=O) groups excluding carboxylic acids is 2. The van der Waals surface area contributed by atoms with Crippen LogP contribution in [0.3, 0.4) is 0 Å². The lowest BCUT2D eigenvalue weighted by Crippen LogP contribution is -2.11. The predicted octanol–water partition coefficient (Wildman–Crippen LogP) is 1.56. The Morgan fingerprint density at radius 1 is 1.36 bits per heavy atom. The highest BCUT2D eigenvalue weighted by Gasteiger charge is 2.13. The van der Waals surface area contributed by atoms with Crippen molar-refractivity contribution in [3.05, 3.63) is 36.0 Å². The Hall–Kier alpha value is -1.64. The Bertz CT molecular complexity index is 321. The maximum atomic E-state index is 11.5. The molecule has 74 valence electrons. The molecule has 0 N–H and O–H groups in total. The molecule has 0 saturated heterocycles. The average molecular weight is 192 g/mol. The van der Waals surface area contributed by atoms with Gasteiger partial charge >= 0.3 is 5.97 Å². The monoisotopic (exact) mass is 192 g/mol. The first-order chi connectivity index (χ1) is 6.74. The van der Waals surface area contributed by atoms with Crippen molar-refractivity contribution in [1.29, 1.82) is 0 Å². The van der Waals surface area contributed by atoms with Gasteiger partial charge in [0.25, 0.3) is 0 Å². The van der Waals surface area contributed by atoms with Crippen LogP contribution >= 0.6 is 0 Å². The second kappa shape index (κ2) is 5.17. The van der Waals surface area contributed by atoms with Crippen LogP contribution in [0.2, 0.25) is 0 Å². The summed E-state index contributed by atoms with van der Waals surface area (Å²) >= 11 is 0. The third-order valence-corrected chi connectivity index (χ3v) is 1.88. The third kappa shape index (κ3) is 3.01. The molecular weight excluding hydrogens is 180 g/mol. The van der Waals surface area contributed by atoms with Gasteiger partial charge in [-0.25, -0.2) is 0 Å². The van der Waals surface area contributed by atoms with Crippen LogP contribution in [0.4, 0.5) is 0 Å². The molecule has 0 spiro atoms. The molecule has 0 aromatic carbocycles. The van der Waals surface area contributed by atoms with E-state index < -0.39 is 5.97 Å². The van der Waals surface area contributed by atoms with Crippen molar-refractivity contribution in [1.82, 2.24) is 0 Å². The summed E-state index contributed by atoms with van der Waals surface area (Å²) in [6.45, 7) is 0. The minimum Gasteiger partial charge on any atom is -0.469 e. The molecule has 1 aliphatic carbocycles. The van der Waals surface area contributed by atoms with Gasteiger partial charge in [-0.3, -0.25) is 9.59 Å². The molecule has 14 heavy (non-hydrogen) atoms. The Morgan fingerprint density at radius 2 is 2.14 bits per heavy atom. The van der Waals surface area contributed by atoms with Crippen molar-refractivity contribution in [2.45, 2.75) is 12.8 Å². The summed E-state index contributed by atoms with van der Waals surface area (Å²) in [7, 11) is 1.27. The molecule has 0 atom stereocenters. The summed E-state index contributed by atoms with van der Waals surface area (Å²) in [6, 6.07) is 0. The summed E-state index contributed by atoms with van der Waals surface area (Å²) in [5, 5.41) is 0. The highest BCUT2D eigenvalue weighted by atomic mass is 16.5. The number of allylic oxidation sites excluding steroid dienone is 6. The van der Waals surface area contributed by atoms with Crippen molar-refractivity contribution in [3.8, 4) is 0 Å². The zero-order valence-electron chi connectivity index (χ0n) is 8.03. The number of ketones is 1. The van der Waals surface area contributed by atoms with E-state index in [4.69, 9.17) is 0 Å². The third-order valence-electron chi connectivity index (χ3n) is 1.88. The molecule has 3 nitrogen and oxygen atoms in total. The van der Waals surface area contributed by atoms with Crippen molar-refractivity contribution in [2.24, 2.45) is 0 Å². The molecule has 0 bridgehead atoms. The van der Waals surface area contributed by atoms with Gasteiger partial charge in [0.1, 0.15) is 6.42 Å². The summed E-state index contributed by atoms with van der Waals surface area (Å²) in [5.41, 5.74) is 0.639. The van der Waals surface area contributed by atoms with E-state index in [1.165, 1.54) is 7.11 Å². The first-order valence-corrected chi connectivity index (χ1v) is 4.36. The molecule has 0 radical (unpaired) electrons. The first kappa shape index (κ1) is 10.4. The quantitative estimate of drug-likeness (QED) is 0.503. The predicted molar refractivity (Wildman–Crippen MR) is 52.6 cm³/mol. The SMILES string of the molecule is COC(=O)CC(=O)C1=CC=CC=CC1. The zero-order chi connectivity index (χ0) is 10.4. The lowest BCUT2D eigenvalue weighted by molar-refractivity contribution is -0.142. The summed E-state index contributed by atoms with van der Waals surface area (Å²) < 4.78 is 4.42. The zero-order valence-corrected chi connectivity index (χ0v) is 8.03. The lowest BCUT2D eigenvalue weighted by Gasteiger charge is -2.01. The van der Waals surface area contributed by atoms with Crippen LogP contribution < -0.4 is 0 Å². The van der Waals surface area contributed by atoms with Gasteiger partial charge < -0.3 is 4.74 Å². The van der Waals surface area contributed by atoms with E-state index in [0.29, 0.717) is 12.0 Å². The van der Waals surface area contributed by atoms with E-state index in [1.807, 2.05) is 18.2 Å². The van der Waals surface area contributed by atoms with Crippen LogP contribution in [0.5, 0.6) is 0 Å². The molecule has 0 fully saturated rings. The van der Waals surface area contributed by atoms with Gasteiger partial charge in [-0.2, -0.15) is 0 Å². The fourth-order valence-corrected chi connectivity index (χ4v) is 1.10. The summed E-state index contributed by atoms with van der Waals surface area (Å²) in [6.07, 6.45) is 9.50. The molecule has 0 saturated carbocycles. The van der Waals surface area contributed by atoms with Crippen molar-refractivity contribution < 1.29 is 14.3 Å². The Kier molecular flexibility index (Phi) is 3.85. The largest absolute Gasteiger partial charge is 0.469 e. The van der Waals surface area contributed by atoms with Gasteiger partial charge in [-0.15, -0.1) is 0 Å². The number of hydrogen-bond donors (Lipinski definition) is 0. The second-order valence-electron chi connectivity index (χ2n) is 2.89. The smallest absolute Gasteiger partial charge is 0.313 e. The highest BCUT2D eigenvalue weighted by Crippen LogP contribution is 2.10. The van der Waals surface area contributed by atoms with Crippen molar-refractivity contribution >= 4 is 11.8 Å². The molecule has 0 amide bonds. The minimum atomic E-state index is -0.492. The molecule has 1 rings (SSSR count). The number of Topliss-reactive ketones (excluding diaryl/α,β-unsaturated/α-hetero) is 1. The van der Waals surface area contributed by atoms with E-state index >= 15 is 0 Å². The Morgan fingerprint density at radius 3 is 2.86 bits per heavy atom. The van der Waals surface area contributed by atoms with Crippen LogP contribution in [0.25, 0.3) is 0 Å². The lowest BCUT2D eigenvalue weighted by atomic mass is 10.1. The molecular formula is C11H12O3. The molecule has 1 aliphatic rings. The summed E-state index contributed by atoms with van der Waals surface area (Å²) in [5.74, 6) is -0.666. The average Bonchev–Trinajstić information content (AvgIpc) is 2.45. The fourth-order valence-electron chi connectivity index (χ4n) is 1.10. The maximum Gasteiger partial charge on any atom is 0.313 e. The number of hydrogen-bond acceptors (Lipinski definition) is 3. The normalized spacial score (nSPS) is 14.5. The van der Waals surface area contributed by atoms with Crippen molar-refractivity contribution in [2.75, 3.05) is 7.11 Å². The molecule has 0 aliphatic heterocycles. The molecule has 0 aromatic heterocycles. The number of esters is 1. The van der Waals surface area contributed by atoms with Crippen LogP contribution in [-0.2, 0) is 14.3 Å². The Balaban J connectivity index is 2.60. The van der Waals surface area contributed by atoms with Crippen LogP contribution in [0.15, 0.2) is 36.0 Å². The topological polar surface area (TPSA) is 43.4 Å². The van der Waals surface area contributed by atoms with E-state index in [-0.39, 0.29) is 12.2 Å². The second-order valence-corrected chi connectivity index (χ2v) is 2.89. The van der Waals surface area contributed by atoms with Crippen LogP contribution in [0.1, 0.15) is 12.8 Å². The molecule has 0 aromatic rings. The van der Waals surface area contributed by atoms with Gasteiger partial charge in [-0.05, 0) is 12.0 Å². The van der Waals surface area contributed by atoms with Crippen LogP contribution in [-0.4, -0.2) is 18.9 Å². The minimum absolute atomic E-state index is 0.173. The van der Waals surface area contributed by atoms with E-state index in [2.05, 4.69) is 4.74 Å². The van der Waals surface area contributed by atoms with Crippen LogP contribution in [0, 0.1) is 0 Å². The van der Waals surface area contributed by atoms with E-state index in [1.54, 1.807) is 12.2 Å². The van der Waals surface area contributed by atoms with Crippen molar-refractivity contribution in [3.63, 3.8) is 0 Å². The molecule has 0 unspecified atom stereocenters. The number of rotatable bonds is 3. The number of carbonyl (C=O) groups is 2. The van der Waals surface area contributed by atoms with Gasteiger partial charge in [0.05, 0.1) is 7.11 Å². The molecule has 0 heterocycles. The van der Waals surface area contributed by atoms with Gasteiger partial charge in [0, 0.05) is 0 Å². The van der Waals surface area contributed by atoms with Gasteiger partial charge in [0.15, 0.2) is 5.78 Å². The first-order valence-electron chi connectivity index (χ1n) is 4.36. The number of methoxy groups -OCH3 is 1. The number of ether oxygens (including phenoxy) is 1. The Labute approximate surface area is 82.8 Å². The molecule has 3 heteroatoms. The van der Waals surface area contributed by atoms with Gasteiger partial charge in [-0.1, -0.05) is 30.4 Å². The van der Waals surface area contributed by atoms with Gasteiger partial charge in [0.2, 0.25) is 0 Å². The fraction of sp³-hybridized carbons (Fsp3) is 0.273.